The standard InChI is InChI=1S/C16H14N4O3/c21-13(11-5-2-1-3-6-11)10-18-15(22)16-19-14(20-23-16)12-7-4-8-17-9-12/h1-9,13,21H,10H2,(H,18,22)/t13-/m0/s1. The molecule has 3 aromatic rings. The molecule has 0 bridgehead atoms. The minimum Gasteiger partial charge on any atom is -0.387 e. The van der Waals surface area contributed by atoms with E-state index in [1.807, 2.05) is 18.2 Å². The van der Waals surface area contributed by atoms with E-state index in [2.05, 4.69) is 20.4 Å². The number of nitrogens with zero attached hydrogens (tertiary/aromatic N) is 3. The molecule has 2 heterocycles. The minimum absolute atomic E-state index is 0.0491. The lowest BCUT2D eigenvalue weighted by atomic mass is 10.1. The van der Waals surface area contributed by atoms with Crippen LogP contribution in [-0.2, 0) is 0 Å². The third kappa shape index (κ3) is 3.58. The van der Waals surface area contributed by atoms with Crippen LogP contribution >= 0.6 is 0 Å². The second kappa shape index (κ2) is 6.80. The SMILES string of the molecule is O=C(NC[C@H](O)c1ccccc1)c1nc(-c2cccnc2)no1. The van der Waals surface area contributed by atoms with E-state index in [1.165, 1.54) is 0 Å². The average molecular weight is 310 g/mol. The molecule has 2 aromatic heterocycles. The Labute approximate surface area is 132 Å². The third-order valence-corrected chi connectivity index (χ3v) is 3.18. The molecule has 116 valence electrons. The first kappa shape index (κ1) is 14.9. The van der Waals surface area contributed by atoms with Gasteiger partial charge in [-0.2, -0.15) is 4.98 Å². The van der Waals surface area contributed by atoms with Gasteiger partial charge < -0.3 is 14.9 Å². The predicted molar refractivity (Wildman–Crippen MR) is 81.3 cm³/mol. The summed E-state index contributed by atoms with van der Waals surface area (Å²) in [5.41, 5.74) is 1.37. The number of benzene rings is 1. The van der Waals surface area contributed by atoms with Gasteiger partial charge in [-0.3, -0.25) is 9.78 Å². The average Bonchev–Trinajstić information content (AvgIpc) is 3.11. The maximum atomic E-state index is 12.0. The monoisotopic (exact) mass is 310 g/mol. The van der Waals surface area contributed by atoms with Gasteiger partial charge in [-0.15, -0.1) is 0 Å². The van der Waals surface area contributed by atoms with Crippen molar-refractivity contribution in [3.05, 3.63) is 66.3 Å². The van der Waals surface area contributed by atoms with Crippen molar-refractivity contribution in [2.24, 2.45) is 0 Å². The fourth-order valence-electron chi connectivity index (χ4n) is 1.99. The first-order valence-corrected chi connectivity index (χ1v) is 6.99. The fraction of sp³-hybridized carbons (Fsp3) is 0.125. The summed E-state index contributed by atoms with van der Waals surface area (Å²) in [5, 5.41) is 16.3. The smallest absolute Gasteiger partial charge is 0.316 e. The van der Waals surface area contributed by atoms with Crippen LogP contribution < -0.4 is 5.32 Å². The first-order valence-electron chi connectivity index (χ1n) is 6.99. The molecular formula is C16H14N4O3. The molecule has 0 aliphatic rings. The molecule has 0 spiro atoms. The van der Waals surface area contributed by atoms with E-state index in [9.17, 15) is 9.90 Å². The van der Waals surface area contributed by atoms with E-state index in [0.29, 0.717) is 5.56 Å². The summed E-state index contributed by atoms with van der Waals surface area (Å²) in [6.07, 6.45) is 2.40. The predicted octanol–water partition coefficient (Wildman–Crippen LogP) is 1.59. The summed E-state index contributed by atoms with van der Waals surface area (Å²) >= 11 is 0. The van der Waals surface area contributed by atoms with E-state index in [-0.39, 0.29) is 18.3 Å². The van der Waals surface area contributed by atoms with Gasteiger partial charge in [0.15, 0.2) is 0 Å². The Balaban J connectivity index is 1.62. The first-order chi connectivity index (χ1) is 11.2. The van der Waals surface area contributed by atoms with E-state index < -0.39 is 12.0 Å². The van der Waals surface area contributed by atoms with Crippen molar-refractivity contribution in [1.82, 2.24) is 20.4 Å². The summed E-state index contributed by atoms with van der Waals surface area (Å²) in [4.78, 5) is 20.0. The quantitative estimate of drug-likeness (QED) is 0.742. The van der Waals surface area contributed by atoms with Crippen molar-refractivity contribution in [3.8, 4) is 11.4 Å². The van der Waals surface area contributed by atoms with Crippen LogP contribution in [0.2, 0.25) is 0 Å². The largest absolute Gasteiger partial charge is 0.387 e. The number of nitrogens with one attached hydrogen (secondary N) is 1. The maximum Gasteiger partial charge on any atom is 0.316 e. The zero-order valence-electron chi connectivity index (χ0n) is 12.1. The molecule has 7 heteroatoms. The van der Waals surface area contributed by atoms with Gasteiger partial charge >= 0.3 is 11.8 Å². The zero-order chi connectivity index (χ0) is 16.1. The Morgan fingerprint density at radius 3 is 2.78 bits per heavy atom. The van der Waals surface area contributed by atoms with Gasteiger partial charge in [-0.05, 0) is 17.7 Å². The molecule has 2 N–H and O–H groups in total. The molecule has 0 saturated heterocycles. The second-order valence-electron chi connectivity index (χ2n) is 4.80. The van der Waals surface area contributed by atoms with Crippen molar-refractivity contribution in [1.29, 1.82) is 0 Å². The van der Waals surface area contributed by atoms with Gasteiger partial charge in [-0.1, -0.05) is 35.5 Å². The number of hydrogen-bond donors (Lipinski definition) is 2. The number of aliphatic hydroxyl groups is 1. The maximum absolute atomic E-state index is 12.0. The van der Waals surface area contributed by atoms with Gasteiger partial charge in [0.05, 0.1) is 6.10 Å². The molecule has 0 aliphatic heterocycles. The normalized spacial score (nSPS) is 11.9. The van der Waals surface area contributed by atoms with Crippen LogP contribution in [0.5, 0.6) is 0 Å². The summed E-state index contributed by atoms with van der Waals surface area (Å²) in [5.74, 6) is -0.418. The Morgan fingerprint density at radius 2 is 2.04 bits per heavy atom. The summed E-state index contributed by atoms with van der Waals surface area (Å²) < 4.78 is 4.94. The molecule has 7 nitrogen and oxygen atoms in total. The third-order valence-electron chi connectivity index (χ3n) is 3.18. The summed E-state index contributed by atoms with van der Waals surface area (Å²) in [6, 6.07) is 12.6. The fourth-order valence-corrected chi connectivity index (χ4v) is 1.99. The number of hydrogen-bond acceptors (Lipinski definition) is 6. The molecule has 0 saturated carbocycles. The molecule has 1 atom stereocenters. The summed E-state index contributed by atoms with van der Waals surface area (Å²) in [7, 11) is 0. The van der Waals surface area contributed by atoms with Crippen LogP contribution in [0.15, 0.2) is 59.4 Å². The molecule has 23 heavy (non-hydrogen) atoms. The van der Waals surface area contributed by atoms with Gasteiger partial charge in [0, 0.05) is 24.5 Å². The lowest BCUT2D eigenvalue weighted by Crippen LogP contribution is -2.28. The zero-order valence-corrected chi connectivity index (χ0v) is 12.1. The highest BCUT2D eigenvalue weighted by molar-refractivity contribution is 5.89. The number of amides is 1. The topological polar surface area (TPSA) is 101 Å². The highest BCUT2D eigenvalue weighted by atomic mass is 16.5. The highest BCUT2D eigenvalue weighted by Crippen LogP contribution is 2.14. The molecule has 0 unspecified atom stereocenters. The molecule has 1 amide bonds. The summed E-state index contributed by atoms with van der Waals surface area (Å²) in [6.45, 7) is 0.0491. The number of pyridine rings is 1. The molecule has 1 aromatic carbocycles. The van der Waals surface area contributed by atoms with Gasteiger partial charge in [0.1, 0.15) is 0 Å². The molecule has 3 rings (SSSR count). The molecule has 0 fully saturated rings. The number of aliphatic hydroxyl groups excluding tert-OH is 1. The molecular weight excluding hydrogens is 296 g/mol. The number of carbonyl (C=O) groups excluding carboxylic acids is 1. The van der Waals surface area contributed by atoms with E-state index in [4.69, 9.17) is 4.52 Å². The highest BCUT2D eigenvalue weighted by Gasteiger charge is 2.17. The van der Waals surface area contributed by atoms with Crippen molar-refractivity contribution < 1.29 is 14.4 Å². The second-order valence-corrected chi connectivity index (χ2v) is 4.80. The minimum atomic E-state index is -0.805. The number of carbonyl (C=O) groups is 1. The van der Waals surface area contributed by atoms with E-state index in [1.54, 1.807) is 36.7 Å². The van der Waals surface area contributed by atoms with Crippen molar-refractivity contribution in [3.63, 3.8) is 0 Å². The number of rotatable bonds is 5. The van der Waals surface area contributed by atoms with Crippen molar-refractivity contribution in [2.75, 3.05) is 6.54 Å². The van der Waals surface area contributed by atoms with Gasteiger partial charge in [0.2, 0.25) is 5.82 Å². The Morgan fingerprint density at radius 1 is 1.22 bits per heavy atom. The van der Waals surface area contributed by atoms with Crippen LogP contribution in [0, 0.1) is 0 Å². The van der Waals surface area contributed by atoms with Crippen molar-refractivity contribution >= 4 is 5.91 Å². The Bertz CT molecular complexity index is 774. The number of aromatic nitrogens is 3. The van der Waals surface area contributed by atoms with Crippen molar-refractivity contribution in [2.45, 2.75) is 6.10 Å². The molecule has 0 radical (unpaired) electrons. The van der Waals surface area contributed by atoms with E-state index >= 15 is 0 Å². The van der Waals surface area contributed by atoms with Crippen LogP contribution in [-0.4, -0.2) is 32.7 Å². The van der Waals surface area contributed by atoms with Gasteiger partial charge in [-0.25, -0.2) is 0 Å². The van der Waals surface area contributed by atoms with Crippen LogP contribution in [0.3, 0.4) is 0 Å². The van der Waals surface area contributed by atoms with Crippen LogP contribution in [0.4, 0.5) is 0 Å². The molecule has 0 aliphatic carbocycles. The Kier molecular flexibility index (Phi) is 4.39. The lowest BCUT2D eigenvalue weighted by Gasteiger charge is -2.10. The van der Waals surface area contributed by atoms with E-state index in [0.717, 1.165) is 5.56 Å². The van der Waals surface area contributed by atoms with Crippen LogP contribution in [0.25, 0.3) is 11.4 Å². The van der Waals surface area contributed by atoms with Gasteiger partial charge in [0.25, 0.3) is 0 Å². The lowest BCUT2D eigenvalue weighted by molar-refractivity contribution is 0.0873. The van der Waals surface area contributed by atoms with Crippen LogP contribution in [0.1, 0.15) is 22.4 Å². The Hall–Kier alpha value is -3.06.